The zero-order chi connectivity index (χ0) is 14.1. The van der Waals surface area contributed by atoms with Crippen LogP contribution in [-0.4, -0.2) is 55.1 Å². The van der Waals surface area contributed by atoms with Crippen molar-refractivity contribution in [2.24, 2.45) is 0 Å². The van der Waals surface area contributed by atoms with E-state index in [0.717, 1.165) is 32.4 Å². The minimum atomic E-state index is 0.0431. The van der Waals surface area contributed by atoms with Gasteiger partial charge in [-0.05, 0) is 53.6 Å². The largest absolute Gasteiger partial charge is 0.338 e. The lowest BCUT2D eigenvalue weighted by atomic mass is 10.2. The molecular formula is C14H31N3O. The Morgan fingerprint density at radius 1 is 1.17 bits per heavy atom. The average Bonchev–Trinajstić information content (AvgIpc) is 2.35. The predicted molar refractivity (Wildman–Crippen MR) is 77.9 cm³/mol. The lowest BCUT2D eigenvalue weighted by molar-refractivity contribution is 0.192. The third kappa shape index (κ3) is 6.84. The summed E-state index contributed by atoms with van der Waals surface area (Å²) in [5.41, 5.74) is 0. The van der Waals surface area contributed by atoms with Gasteiger partial charge in [-0.2, -0.15) is 0 Å². The highest BCUT2D eigenvalue weighted by atomic mass is 16.2. The van der Waals surface area contributed by atoms with Crippen molar-refractivity contribution in [1.82, 2.24) is 15.1 Å². The van der Waals surface area contributed by atoms with Crippen LogP contribution in [0.25, 0.3) is 0 Å². The summed E-state index contributed by atoms with van der Waals surface area (Å²) in [6.07, 6.45) is 3.16. The highest BCUT2D eigenvalue weighted by molar-refractivity contribution is 5.74. The standard InChI is InChI=1S/C14H31N3O/c1-7-13(4)17(6)14(18)15-10-8-9-11-16(5)12(2)3/h12-13H,7-11H2,1-6H3,(H,15,18). The van der Waals surface area contributed by atoms with Gasteiger partial charge in [-0.3, -0.25) is 0 Å². The molecule has 1 N–H and O–H groups in total. The number of nitrogens with one attached hydrogen (secondary N) is 1. The Morgan fingerprint density at radius 3 is 2.28 bits per heavy atom. The molecule has 0 bridgehead atoms. The van der Waals surface area contributed by atoms with Crippen LogP contribution in [0.15, 0.2) is 0 Å². The summed E-state index contributed by atoms with van der Waals surface area (Å²) >= 11 is 0. The molecule has 0 aromatic carbocycles. The zero-order valence-corrected chi connectivity index (χ0v) is 13.0. The molecule has 0 radical (unpaired) electrons. The fourth-order valence-electron chi connectivity index (χ4n) is 1.54. The van der Waals surface area contributed by atoms with Gasteiger partial charge in [0.05, 0.1) is 0 Å². The highest BCUT2D eigenvalue weighted by Crippen LogP contribution is 2.01. The molecule has 0 saturated carbocycles. The third-order valence-corrected chi connectivity index (χ3v) is 3.67. The number of nitrogens with zero attached hydrogens (tertiary/aromatic N) is 2. The van der Waals surface area contributed by atoms with E-state index < -0.39 is 0 Å². The zero-order valence-electron chi connectivity index (χ0n) is 13.0. The number of rotatable bonds is 8. The summed E-state index contributed by atoms with van der Waals surface area (Å²) in [6.45, 7) is 10.4. The first-order chi connectivity index (χ1) is 8.40. The Labute approximate surface area is 113 Å². The Morgan fingerprint density at radius 2 is 1.78 bits per heavy atom. The van der Waals surface area contributed by atoms with Crippen LogP contribution >= 0.6 is 0 Å². The topological polar surface area (TPSA) is 35.6 Å². The Hall–Kier alpha value is -0.770. The van der Waals surface area contributed by atoms with Crippen molar-refractivity contribution >= 4 is 6.03 Å². The molecular weight excluding hydrogens is 226 g/mol. The van der Waals surface area contributed by atoms with Gasteiger partial charge in [-0.15, -0.1) is 0 Å². The highest BCUT2D eigenvalue weighted by Gasteiger charge is 2.12. The number of hydrogen-bond acceptors (Lipinski definition) is 2. The van der Waals surface area contributed by atoms with E-state index in [0.29, 0.717) is 12.1 Å². The van der Waals surface area contributed by atoms with E-state index in [9.17, 15) is 4.79 Å². The lowest BCUT2D eigenvalue weighted by Gasteiger charge is -2.24. The first-order valence-corrected chi connectivity index (χ1v) is 7.11. The first-order valence-electron chi connectivity index (χ1n) is 7.11. The van der Waals surface area contributed by atoms with Crippen molar-refractivity contribution in [2.75, 3.05) is 27.2 Å². The van der Waals surface area contributed by atoms with Crippen LogP contribution in [0, 0.1) is 0 Å². The Bertz CT molecular complexity index is 231. The van der Waals surface area contributed by atoms with Crippen LogP contribution < -0.4 is 5.32 Å². The maximum Gasteiger partial charge on any atom is 0.317 e. The quantitative estimate of drug-likeness (QED) is 0.678. The summed E-state index contributed by atoms with van der Waals surface area (Å²) < 4.78 is 0. The van der Waals surface area contributed by atoms with E-state index in [1.807, 2.05) is 7.05 Å². The Kier molecular flexibility index (Phi) is 8.81. The van der Waals surface area contributed by atoms with Crippen LogP contribution in [0.2, 0.25) is 0 Å². The molecule has 0 aliphatic rings. The minimum absolute atomic E-state index is 0.0431. The summed E-state index contributed by atoms with van der Waals surface area (Å²) in [6, 6.07) is 0.940. The molecule has 4 nitrogen and oxygen atoms in total. The molecule has 0 spiro atoms. The molecule has 0 saturated heterocycles. The van der Waals surface area contributed by atoms with Gasteiger partial charge in [0.25, 0.3) is 0 Å². The van der Waals surface area contributed by atoms with E-state index in [2.05, 4.69) is 45.0 Å². The maximum absolute atomic E-state index is 11.8. The van der Waals surface area contributed by atoms with Crippen molar-refractivity contribution in [2.45, 2.75) is 59.0 Å². The normalized spacial score (nSPS) is 12.9. The fourth-order valence-corrected chi connectivity index (χ4v) is 1.54. The van der Waals surface area contributed by atoms with Gasteiger partial charge < -0.3 is 15.1 Å². The van der Waals surface area contributed by atoms with Crippen molar-refractivity contribution in [3.63, 3.8) is 0 Å². The number of carbonyl (C=O) groups excluding carboxylic acids is 1. The Balaban J connectivity index is 3.63. The van der Waals surface area contributed by atoms with E-state index in [1.165, 1.54) is 0 Å². The number of urea groups is 1. The van der Waals surface area contributed by atoms with Gasteiger partial charge in [0, 0.05) is 25.7 Å². The van der Waals surface area contributed by atoms with Gasteiger partial charge in [0.15, 0.2) is 0 Å². The fraction of sp³-hybridized carbons (Fsp3) is 0.929. The van der Waals surface area contributed by atoms with Crippen LogP contribution in [0.1, 0.15) is 47.0 Å². The molecule has 0 aromatic heterocycles. The molecule has 0 heterocycles. The van der Waals surface area contributed by atoms with Crippen molar-refractivity contribution in [1.29, 1.82) is 0 Å². The second kappa shape index (κ2) is 9.20. The molecule has 0 rings (SSSR count). The first kappa shape index (κ1) is 17.2. The van der Waals surface area contributed by atoms with Crippen molar-refractivity contribution in [3.8, 4) is 0 Å². The van der Waals surface area contributed by atoms with Crippen LogP contribution in [0.4, 0.5) is 4.79 Å². The van der Waals surface area contributed by atoms with Crippen LogP contribution in [-0.2, 0) is 0 Å². The second-order valence-corrected chi connectivity index (χ2v) is 5.38. The number of amides is 2. The van der Waals surface area contributed by atoms with Crippen molar-refractivity contribution < 1.29 is 4.79 Å². The van der Waals surface area contributed by atoms with Crippen molar-refractivity contribution in [3.05, 3.63) is 0 Å². The van der Waals surface area contributed by atoms with Crippen LogP contribution in [0.3, 0.4) is 0 Å². The van der Waals surface area contributed by atoms with Gasteiger partial charge in [-0.25, -0.2) is 4.79 Å². The molecule has 0 aliphatic heterocycles. The third-order valence-electron chi connectivity index (χ3n) is 3.67. The average molecular weight is 257 g/mol. The predicted octanol–water partition coefficient (Wildman–Crippen LogP) is 2.55. The SMILES string of the molecule is CCC(C)N(C)C(=O)NCCCCN(C)C(C)C. The smallest absolute Gasteiger partial charge is 0.317 e. The molecule has 0 aromatic rings. The van der Waals surface area contributed by atoms with E-state index in [4.69, 9.17) is 0 Å². The maximum atomic E-state index is 11.8. The second-order valence-electron chi connectivity index (χ2n) is 5.38. The van der Waals surface area contributed by atoms with E-state index >= 15 is 0 Å². The molecule has 0 aliphatic carbocycles. The van der Waals surface area contributed by atoms with Gasteiger partial charge in [-0.1, -0.05) is 6.92 Å². The summed E-state index contributed by atoms with van der Waals surface area (Å²) in [4.78, 5) is 15.9. The number of hydrogen-bond donors (Lipinski definition) is 1. The molecule has 18 heavy (non-hydrogen) atoms. The lowest BCUT2D eigenvalue weighted by Crippen LogP contribution is -2.42. The van der Waals surface area contributed by atoms with Gasteiger partial charge in [0.2, 0.25) is 0 Å². The molecule has 2 amide bonds. The van der Waals surface area contributed by atoms with Gasteiger partial charge >= 0.3 is 6.03 Å². The van der Waals surface area contributed by atoms with E-state index in [1.54, 1.807) is 4.90 Å². The molecule has 4 heteroatoms. The minimum Gasteiger partial charge on any atom is -0.338 e. The van der Waals surface area contributed by atoms with Crippen LogP contribution in [0.5, 0.6) is 0 Å². The monoisotopic (exact) mass is 257 g/mol. The van der Waals surface area contributed by atoms with E-state index in [-0.39, 0.29) is 6.03 Å². The molecule has 0 fully saturated rings. The number of carbonyl (C=O) groups is 1. The molecule has 1 atom stereocenters. The molecule has 1 unspecified atom stereocenters. The summed E-state index contributed by atoms with van der Waals surface area (Å²) in [5, 5.41) is 2.97. The summed E-state index contributed by atoms with van der Waals surface area (Å²) in [5.74, 6) is 0. The van der Waals surface area contributed by atoms with Gasteiger partial charge in [0.1, 0.15) is 0 Å². The summed E-state index contributed by atoms with van der Waals surface area (Å²) in [7, 11) is 4.00. The number of unbranched alkanes of at least 4 members (excludes halogenated alkanes) is 1. The molecule has 108 valence electrons.